The molecule has 4 atom stereocenters. The summed E-state index contributed by atoms with van der Waals surface area (Å²) in [5, 5.41) is 0.812. The highest BCUT2D eigenvalue weighted by Crippen LogP contribution is 2.57. The lowest BCUT2D eigenvalue weighted by Gasteiger charge is -2.20. The van der Waals surface area contributed by atoms with Gasteiger partial charge < -0.3 is 0 Å². The molecular weight excluding hydrogens is 333 g/mol. The number of fused-ring (bicyclic) bond motifs is 5. The second kappa shape index (κ2) is 4.96. The van der Waals surface area contributed by atoms with Crippen molar-refractivity contribution in [3.63, 3.8) is 0 Å². The van der Waals surface area contributed by atoms with Crippen LogP contribution in [0.15, 0.2) is 41.5 Å². The third kappa shape index (κ3) is 1.90. The minimum atomic E-state index is -0.308. The summed E-state index contributed by atoms with van der Waals surface area (Å²) in [5.41, 5.74) is 2.83. The molecule has 4 rings (SSSR count). The molecule has 1 aromatic rings. The normalized spacial score (nSPS) is 31.3. The fraction of sp³-hybridized carbons (Fsp3) is 0.333. The molecule has 1 heterocycles. The van der Waals surface area contributed by atoms with Crippen molar-refractivity contribution in [2.75, 3.05) is 4.90 Å². The number of allylic oxidation sites excluding steroid dienone is 4. The standard InChI is InChI=1S/C18H15Cl2NO2/c1-8(2)14-10-4-5-11(14)16-15(10)17(22)21(18(16)23)13-7-9(19)3-6-12(13)20/h3-7,10-11,15-16H,1-2H3/t10-,11-,15+,16+/m1/s1. The lowest BCUT2D eigenvalue weighted by atomic mass is 9.85. The smallest absolute Gasteiger partial charge is 0.238 e. The van der Waals surface area contributed by atoms with Crippen molar-refractivity contribution in [1.29, 1.82) is 0 Å². The zero-order valence-corrected chi connectivity index (χ0v) is 14.2. The molecule has 5 heteroatoms. The quantitative estimate of drug-likeness (QED) is 0.562. The summed E-state index contributed by atoms with van der Waals surface area (Å²) in [4.78, 5) is 27.2. The maximum Gasteiger partial charge on any atom is 0.238 e. The third-order valence-electron chi connectivity index (χ3n) is 5.14. The molecule has 1 aliphatic heterocycles. The second-order valence-electron chi connectivity index (χ2n) is 6.55. The number of carbonyl (C=O) groups excluding carboxylic acids is 2. The first-order chi connectivity index (χ1) is 10.9. The molecular formula is C18H15Cl2NO2. The van der Waals surface area contributed by atoms with Crippen molar-refractivity contribution in [1.82, 2.24) is 0 Å². The van der Waals surface area contributed by atoms with Gasteiger partial charge in [-0.15, -0.1) is 0 Å². The van der Waals surface area contributed by atoms with Gasteiger partial charge in [0.25, 0.3) is 0 Å². The summed E-state index contributed by atoms with van der Waals surface area (Å²) in [6.07, 6.45) is 4.14. The Labute approximate surface area is 144 Å². The molecule has 3 nitrogen and oxygen atoms in total. The van der Waals surface area contributed by atoms with Crippen LogP contribution >= 0.6 is 23.2 Å². The van der Waals surface area contributed by atoms with Crippen molar-refractivity contribution in [2.24, 2.45) is 23.7 Å². The maximum atomic E-state index is 13.0. The first-order valence-electron chi connectivity index (χ1n) is 7.60. The van der Waals surface area contributed by atoms with E-state index < -0.39 is 0 Å². The van der Waals surface area contributed by atoms with Crippen LogP contribution in [-0.4, -0.2) is 11.8 Å². The van der Waals surface area contributed by atoms with Crippen LogP contribution in [0.2, 0.25) is 10.0 Å². The third-order valence-corrected chi connectivity index (χ3v) is 5.70. The van der Waals surface area contributed by atoms with Crippen LogP contribution in [0.3, 0.4) is 0 Å². The number of amides is 2. The molecule has 0 aromatic heterocycles. The van der Waals surface area contributed by atoms with E-state index in [0.29, 0.717) is 15.7 Å². The van der Waals surface area contributed by atoms with E-state index in [0.717, 1.165) is 0 Å². The van der Waals surface area contributed by atoms with E-state index >= 15 is 0 Å². The zero-order chi connectivity index (χ0) is 16.5. The van der Waals surface area contributed by atoms with E-state index in [1.165, 1.54) is 16.0 Å². The van der Waals surface area contributed by atoms with Crippen LogP contribution in [0.25, 0.3) is 0 Å². The van der Waals surface area contributed by atoms with Gasteiger partial charge in [0.1, 0.15) is 0 Å². The molecule has 0 radical (unpaired) electrons. The number of hydrogen-bond acceptors (Lipinski definition) is 2. The number of rotatable bonds is 1. The van der Waals surface area contributed by atoms with Crippen molar-refractivity contribution in [3.05, 3.63) is 51.5 Å². The Morgan fingerprint density at radius 3 is 2.09 bits per heavy atom. The van der Waals surface area contributed by atoms with Gasteiger partial charge in [0.15, 0.2) is 0 Å². The SMILES string of the molecule is CC(C)=C1[C@H]2C=C[C@H]1[C@@H]1C(=O)N(c3cc(Cl)ccc3Cl)C(=O)[C@H]12. The molecule has 3 aliphatic rings. The molecule has 0 N–H and O–H groups in total. The highest BCUT2D eigenvalue weighted by molar-refractivity contribution is 6.37. The van der Waals surface area contributed by atoms with Gasteiger partial charge in [-0.05, 0) is 32.0 Å². The molecule has 118 valence electrons. The molecule has 0 spiro atoms. The number of halogens is 2. The Balaban J connectivity index is 1.80. The van der Waals surface area contributed by atoms with Gasteiger partial charge in [-0.25, -0.2) is 4.90 Å². The van der Waals surface area contributed by atoms with E-state index in [4.69, 9.17) is 23.2 Å². The summed E-state index contributed by atoms with van der Waals surface area (Å²) < 4.78 is 0. The number of carbonyl (C=O) groups is 2. The number of hydrogen-bond donors (Lipinski definition) is 0. The van der Waals surface area contributed by atoms with E-state index in [9.17, 15) is 9.59 Å². The Bertz CT molecular complexity index is 773. The maximum absolute atomic E-state index is 13.0. The minimum Gasteiger partial charge on any atom is -0.274 e. The van der Waals surface area contributed by atoms with E-state index in [-0.39, 0.29) is 35.5 Å². The predicted octanol–water partition coefficient (Wildman–Crippen LogP) is 4.25. The summed E-state index contributed by atoms with van der Waals surface area (Å²) in [6, 6.07) is 4.84. The molecule has 23 heavy (non-hydrogen) atoms. The minimum absolute atomic E-state index is 0.0365. The Morgan fingerprint density at radius 2 is 1.57 bits per heavy atom. The molecule has 1 saturated carbocycles. The predicted molar refractivity (Wildman–Crippen MR) is 90.4 cm³/mol. The first kappa shape index (κ1) is 15.0. The molecule has 1 aromatic carbocycles. The molecule has 0 unspecified atom stereocenters. The number of imide groups is 1. The van der Waals surface area contributed by atoms with Gasteiger partial charge in [-0.3, -0.25) is 9.59 Å². The molecule has 2 fully saturated rings. The van der Waals surface area contributed by atoms with Crippen molar-refractivity contribution in [3.8, 4) is 0 Å². The lowest BCUT2D eigenvalue weighted by Crippen LogP contribution is -2.33. The average molecular weight is 348 g/mol. The summed E-state index contributed by atoms with van der Waals surface area (Å²) in [6.45, 7) is 4.09. The Hall–Kier alpha value is -1.58. The average Bonchev–Trinajstić information content (AvgIpc) is 3.13. The van der Waals surface area contributed by atoms with E-state index in [2.05, 4.69) is 12.2 Å². The highest BCUT2D eigenvalue weighted by atomic mass is 35.5. The zero-order valence-electron chi connectivity index (χ0n) is 12.7. The van der Waals surface area contributed by atoms with Gasteiger partial charge >= 0.3 is 0 Å². The van der Waals surface area contributed by atoms with Crippen LogP contribution in [0.4, 0.5) is 5.69 Å². The highest BCUT2D eigenvalue weighted by Gasteiger charge is 2.62. The molecule has 2 aliphatic carbocycles. The van der Waals surface area contributed by atoms with Gasteiger partial charge in [0.2, 0.25) is 11.8 Å². The van der Waals surface area contributed by atoms with E-state index in [1.54, 1.807) is 18.2 Å². The number of anilines is 1. The van der Waals surface area contributed by atoms with Crippen LogP contribution in [0.5, 0.6) is 0 Å². The molecule has 1 saturated heterocycles. The summed E-state index contributed by atoms with van der Waals surface area (Å²) in [5.74, 6) is -0.877. The topological polar surface area (TPSA) is 37.4 Å². The van der Waals surface area contributed by atoms with Crippen LogP contribution < -0.4 is 4.90 Å². The number of benzene rings is 1. The fourth-order valence-electron chi connectivity index (χ4n) is 4.32. The van der Waals surface area contributed by atoms with Crippen molar-refractivity contribution < 1.29 is 9.59 Å². The monoisotopic (exact) mass is 347 g/mol. The van der Waals surface area contributed by atoms with Crippen molar-refractivity contribution >= 4 is 40.7 Å². The Kier molecular flexibility index (Phi) is 3.23. The second-order valence-corrected chi connectivity index (χ2v) is 7.39. The number of nitrogens with zero attached hydrogens (tertiary/aromatic N) is 1. The van der Waals surface area contributed by atoms with Gasteiger partial charge in [0, 0.05) is 16.9 Å². The van der Waals surface area contributed by atoms with Crippen LogP contribution in [0, 0.1) is 23.7 Å². The van der Waals surface area contributed by atoms with Crippen molar-refractivity contribution in [2.45, 2.75) is 13.8 Å². The molecule has 2 amide bonds. The van der Waals surface area contributed by atoms with Crippen LogP contribution in [0.1, 0.15) is 13.8 Å². The summed E-state index contributed by atoms with van der Waals surface area (Å²) >= 11 is 12.2. The molecule has 2 bridgehead atoms. The lowest BCUT2D eigenvalue weighted by molar-refractivity contribution is -0.122. The van der Waals surface area contributed by atoms with Gasteiger partial charge in [-0.2, -0.15) is 0 Å². The Morgan fingerprint density at radius 1 is 1.00 bits per heavy atom. The van der Waals surface area contributed by atoms with E-state index in [1.807, 2.05) is 13.8 Å². The fourth-order valence-corrected chi connectivity index (χ4v) is 4.69. The summed E-state index contributed by atoms with van der Waals surface area (Å²) in [7, 11) is 0. The van der Waals surface area contributed by atoms with Gasteiger partial charge in [0.05, 0.1) is 22.5 Å². The van der Waals surface area contributed by atoms with Crippen LogP contribution in [-0.2, 0) is 9.59 Å². The largest absolute Gasteiger partial charge is 0.274 e. The van der Waals surface area contributed by atoms with Gasteiger partial charge in [-0.1, -0.05) is 46.5 Å². The first-order valence-corrected chi connectivity index (χ1v) is 8.36.